The van der Waals surface area contributed by atoms with Gasteiger partial charge in [0.25, 0.3) is 0 Å². The van der Waals surface area contributed by atoms with Gasteiger partial charge in [-0.05, 0) is 52.7 Å². The molecule has 1 aromatic heterocycles. The maximum absolute atomic E-state index is 4.70. The Morgan fingerprint density at radius 1 is 1.42 bits per heavy atom. The van der Waals surface area contributed by atoms with E-state index in [9.17, 15) is 0 Å². The van der Waals surface area contributed by atoms with E-state index in [2.05, 4.69) is 47.4 Å². The molecule has 1 aliphatic heterocycles. The number of pyridine rings is 1. The first-order valence-corrected chi connectivity index (χ1v) is 7.17. The Hall–Kier alpha value is -0.970. The normalized spacial score (nSPS) is 20.9. The zero-order chi connectivity index (χ0) is 13.7. The second-order valence-corrected chi connectivity index (χ2v) is 5.62. The standard InChI is InChI=1S/C15H26N4/c1-16-10-13-6-4-7-14(17-13)11-19(3)15-8-5-9-18(2)12-15/h4,6-7,15-16H,5,8-12H2,1-3H3. The SMILES string of the molecule is CNCc1cccc(CN(C)C2CCCN(C)C2)n1. The Morgan fingerprint density at radius 3 is 2.95 bits per heavy atom. The van der Waals surface area contributed by atoms with Crippen molar-refractivity contribution >= 4 is 0 Å². The van der Waals surface area contributed by atoms with Crippen molar-refractivity contribution in [2.45, 2.75) is 32.0 Å². The molecule has 1 aliphatic rings. The van der Waals surface area contributed by atoms with E-state index in [1.165, 1.54) is 31.6 Å². The highest BCUT2D eigenvalue weighted by Gasteiger charge is 2.21. The van der Waals surface area contributed by atoms with Gasteiger partial charge in [0.1, 0.15) is 0 Å². The quantitative estimate of drug-likeness (QED) is 0.867. The smallest absolute Gasteiger partial charge is 0.0547 e. The zero-order valence-electron chi connectivity index (χ0n) is 12.4. The number of hydrogen-bond acceptors (Lipinski definition) is 4. The van der Waals surface area contributed by atoms with Crippen LogP contribution < -0.4 is 5.32 Å². The molecule has 0 amide bonds. The molecule has 4 nitrogen and oxygen atoms in total. The van der Waals surface area contributed by atoms with Gasteiger partial charge in [0.15, 0.2) is 0 Å². The lowest BCUT2D eigenvalue weighted by Gasteiger charge is -2.35. The van der Waals surface area contributed by atoms with Crippen molar-refractivity contribution in [1.82, 2.24) is 20.1 Å². The highest BCUT2D eigenvalue weighted by atomic mass is 15.2. The van der Waals surface area contributed by atoms with Gasteiger partial charge >= 0.3 is 0 Å². The molecule has 1 N–H and O–H groups in total. The number of likely N-dealkylation sites (tertiary alicyclic amines) is 1. The van der Waals surface area contributed by atoms with Crippen LogP contribution in [0.3, 0.4) is 0 Å². The Balaban J connectivity index is 1.94. The fourth-order valence-electron chi connectivity index (χ4n) is 2.78. The summed E-state index contributed by atoms with van der Waals surface area (Å²) >= 11 is 0. The van der Waals surface area contributed by atoms with E-state index in [1.807, 2.05) is 7.05 Å². The number of piperidine rings is 1. The third-order valence-corrected chi connectivity index (χ3v) is 3.86. The van der Waals surface area contributed by atoms with Crippen LogP contribution in [0.4, 0.5) is 0 Å². The van der Waals surface area contributed by atoms with E-state index in [0.29, 0.717) is 6.04 Å². The lowest BCUT2D eigenvalue weighted by Crippen LogP contribution is -2.44. The molecular weight excluding hydrogens is 236 g/mol. The fraction of sp³-hybridized carbons (Fsp3) is 0.667. The van der Waals surface area contributed by atoms with Crippen LogP contribution in [-0.2, 0) is 13.1 Å². The first-order chi connectivity index (χ1) is 9.19. The Morgan fingerprint density at radius 2 is 2.21 bits per heavy atom. The number of nitrogens with one attached hydrogen (secondary N) is 1. The highest BCUT2D eigenvalue weighted by molar-refractivity contribution is 5.11. The van der Waals surface area contributed by atoms with Crippen LogP contribution in [0, 0.1) is 0 Å². The van der Waals surface area contributed by atoms with Crippen molar-refractivity contribution in [2.24, 2.45) is 0 Å². The van der Waals surface area contributed by atoms with Gasteiger partial charge in [-0.2, -0.15) is 0 Å². The van der Waals surface area contributed by atoms with Gasteiger partial charge in [-0.25, -0.2) is 0 Å². The van der Waals surface area contributed by atoms with Gasteiger partial charge in [0.05, 0.1) is 11.4 Å². The predicted octanol–water partition coefficient (Wildman–Crippen LogP) is 1.33. The molecule has 0 aliphatic carbocycles. The Bertz CT molecular complexity index is 393. The van der Waals surface area contributed by atoms with Crippen LogP contribution in [-0.4, -0.2) is 55.1 Å². The van der Waals surface area contributed by atoms with E-state index in [4.69, 9.17) is 4.98 Å². The minimum atomic E-state index is 0.661. The summed E-state index contributed by atoms with van der Waals surface area (Å²) < 4.78 is 0. The molecule has 2 rings (SSSR count). The molecule has 0 bridgehead atoms. The van der Waals surface area contributed by atoms with E-state index in [0.717, 1.165) is 18.8 Å². The molecule has 0 radical (unpaired) electrons. The molecule has 1 aromatic rings. The minimum Gasteiger partial charge on any atom is -0.314 e. The van der Waals surface area contributed by atoms with Crippen molar-refractivity contribution in [3.63, 3.8) is 0 Å². The first-order valence-electron chi connectivity index (χ1n) is 7.17. The number of aromatic nitrogens is 1. The molecule has 106 valence electrons. The third-order valence-electron chi connectivity index (χ3n) is 3.86. The van der Waals surface area contributed by atoms with Gasteiger partial charge in [-0.1, -0.05) is 6.07 Å². The maximum Gasteiger partial charge on any atom is 0.0547 e. The highest BCUT2D eigenvalue weighted by Crippen LogP contribution is 2.15. The van der Waals surface area contributed by atoms with Crippen LogP contribution in [0.1, 0.15) is 24.2 Å². The maximum atomic E-state index is 4.70. The molecule has 1 unspecified atom stereocenters. The van der Waals surface area contributed by atoms with Crippen molar-refractivity contribution in [2.75, 3.05) is 34.2 Å². The van der Waals surface area contributed by atoms with Crippen LogP contribution in [0.5, 0.6) is 0 Å². The molecule has 1 fully saturated rings. The van der Waals surface area contributed by atoms with Gasteiger partial charge < -0.3 is 10.2 Å². The molecule has 19 heavy (non-hydrogen) atoms. The molecule has 4 heteroatoms. The Labute approximate surface area is 116 Å². The van der Waals surface area contributed by atoms with Crippen LogP contribution in [0.2, 0.25) is 0 Å². The van der Waals surface area contributed by atoms with Crippen LogP contribution in [0.15, 0.2) is 18.2 Å². The molecule has 0 aromatic carbocycles. The molecule has 0 spiro atoms. The molecule has 2 heterocycles. The third kappa shape index (κ3) is 4.27. The van der Waals surface area contributed by atoms with Gasteiger partial charge in [-0.3, -0.25) is 9.88 Å². The minimum absolute atomic E-state index is 0.661. The summed E-state index contributed by atoms with van der Waals surface area (Å²) in [4.78, 5) is 9.57. The topological polar surface area (TPSA) is 31.4 Å². The van der Waals surface area contributed by atoms with E-state index in [-0.39, 0.29) is 0 Å². The average Bonchev–Trinajstić information content (AvgIpc) is 2.39. The average molecular weight is 262 g/mol. The summed E-state index contributed by atoms with van der Waals surface area (Å²) in [7, 11) is 6.39. The summed E-state index contributed by atoms with van der Waals surface area (Å²) in [6, 6.07) is 6.97. The lowest BCUT2D eigenvalue weighted by atomic mass is 10.0. The lowest BCUT2D eigenvalue weighted by molar-refractivity contribution is 0.128. The fourth-order valence-corrected chi connectivity index (χ4v) is 2.78. The largest absolute Gasteiger partial charge is 0.314 e. The monoisotopic (exact) mass is 262 g/mol. The number of nitrogens with zero attached hydrogens (tertiary/aromatic N) is 3. The van der Waals surface area contributed by atoms with Gasteiger partial charge in [0.2, 0.25) is 0 Å². The van der Waals surface area contributed by atoms with Gasteiger partial charge in [0, 0.05) is 25.7 Å². The van der Waals surface area contributed by atoms with E-state index >= 15 is 0 Å². The van der Waals surface area contributed by atoms with Crippen molar-refractivity contribution in [3.8, 4) is 0 Å². The van der Waals surface area contributed by atoms with Crippen molar-refractivity contribution < 1.29 is 0 Å². The molecule has 1 atom stereocenters. The second-order valence-electron chi connectivity index (χ2n) is 5.62. The number of likely N-dealkylation sites (N-methyl/N-ethyl adjacent to an activating group) is 2. The zero-order valence-corrected chi connectivity index (χ0v) is 12.4. The number of rotatable bonds is 5. The first kappa shape index (κ1) is 14.4. The summed E-state index contributed by atoms with van der Waals surface area (Å²) in [6.45, 7) is 4.19. The van der Waals surface area contributed by atoms with E-state index in [1.54, 1.807) is 0 Å². The van der Waals surface area contributed by atoms with Gasteiger partial charge in [-0.15, -0.1) is 0 Å². The van der Waals surface area contributed by atoms with Crippen molar-refractivity contribution in [1.29, 1.82) is 0 Å². The summed E-state index contributed by atoms with van der Waals surface area (Å²) in [5, 5.41) is 3.15. The summed E-state index contributed by atoms with van der Waals surface area (Å²) in [6.07, 6.45) is 2.61. The predicted molar refractivity (Wildman–Crippen MR) is 79.0 cm³/mol. The Kier molecular flexibility index (Phi) is 5.31. The van der Waals surface area contributed by atoms with E-state index < -0.39 is 0 Å². The number of hydrogen-bond donors (Lipinski definition) is 1. The molecule has 1 saturated heterocycles. The molecular formula is C15H26N4. The van der Waals surface area contributed by atoms with Crippen LogP contribution >= 0.6 is 0 Å². The summed E-state index contributed by atoms with van der Waals surface area (Å²) in [5.41, 5.74) is 2.29. The second kappa shape index (κ2) is 6.98. The molecule has 0 saturated carbocycles. The van der Waals surface area contributed by atoms with Crippen molar-refractivity contribution in [3.05, 3.63) is 29.6 Å². The van der Waals surface area contributed by atoms with Crippen LogP contribution in [0.25, 0.3) is 0 Å². The summed E-state index contributed by atoms with van der Waals surface area (Å²) in [5.74, 6) is 0.